The van der Waals surface area contributed by atoms with Crippen molar-refractivity contribution in [2.24, 2.45) is 5.92 Å². The van der Waals surface area contributed by atoms with Crippen molar-refractivity contribution >= 4 is 22.6 Å². The maximum atomic E-state index is 11.8. The molecular formula is C35H37IO5. The van der Waals surface area contributed by atoms with E-state index in [0.717, 1.165) is 22.3 Å². The first-order chi connectivity index (χ1) is 20.2. The van der Waals surface area contributed by atoms with E-state index in [1.807, 2.05) is 109 Å². The first kappa shape index (κ1) is 29.9. The van der Waals surface area contributed by atoms with Gasteiger partial charge in [0, 0.05) is 10.3 Å². The summed E-state index contributed by atoms with van der Waals surface area (Å²) in [7, 11) is 0. The van der Waals surface area contributed by atoms with Gasteiger partial charge in [0.25, 0.3) is 0 Å². The van der Waals surface area contributed by atoms with Crippen molar-refractivity contribution in [3.05, 3.63) is 144 Å². The third-order valence-electron chi connectivity index (χ3n) is 7.49. The minimum Gasteiger partial charge on any atom is -0.390 e. The van der Waals surface area contributed by atoms with Crippen LogP contribution in [0.1, 0.15) is 22.3 Å². The smallest absolute Gasteiger partial charge is 0.115 e. The van der Waals surface area contributed by atoms with Gasteiger partial charge in [-0.2, -0.15) is 0 Å². The van der Waals surface area contributed by atoms with E-state index in [2.05, 4.69) is 34.7 Å². The van der Waals surface area contributed by atoms with Gasteiger partial charge in [-0.05, 0) is 22.3 Å². The summed E-state index contributed by atoms with van der Waals surface area (Å²) >= 11 is 2.34. The SMILES string of the molecule is O[C@H]1[C@H](CI)[C@@H](OCc2ccccc2)[C@H](OCc2ccccc2)[C@@H](OCc2ccccc2)[C@@H]1OCc1ccccc1. The van der Waals surface area contributed by atoms with E-state index in [9.17, 15) is 5.11 Å². The summed E-state index contributed by atoms with van der Waals surface area (Å²) in [6.45, 7) is 1.55. The van der Waals surface area contributed by atoms with Crippen molar-refractivity contribution in [3.8, 4) is 0 Å². The molecule has 0 aromatic heterocycles. The lowest BCUT2D eigenvalue weighted by Gasteiger charge is -2.48. The van der Waals surface area contributed by atoms with Crippen LogP contribution in [0.5, 0.6) is 0 Å². The number of benzene rings is 4. The molecule has 214 valence electrons. The Balaban J connectivity index is 1.45. The van der Waals surface area contributed by atoms with E-state index in [1.165, 1.54) is 0 Å². The molecule has 6 heteroatoms. The predicted molar refractivity (Wildman–Crippen MR) is 168 cm³/mol. The van der Waals surface area contributed by atoms with Gasteiger partial charge in [-0.15, -0.1) is 0 Å². The number of aliphatic hydroxyl groups excluding tert-OH is 1. The molecule has 5 rings (SSSR count). The van der Waals surface area contributed by atoms with Gasteiger partial charge in [0.15, 0.2) is 0 Å². The molecule has 0 aliphatic heterocycles. The van der Waals surface area contributed by atoms with Crippen LogP contribution in [0, 0.1) is 5.92 Å². The molecular weight excluding hydrogens is 627 g/mol. The van der Waals surface area contributed by atoms with Crippen molar-refractivity contribution in [1.82, 2.24) is 0 Å². The number of halogens is 1. The van der Waals surface area contributed by atoms with E-state index in [0.29, 0.717) is 30.9 Å². The fraction of sp³-hybridized carbons (Fsp3) is 0.314. The fourth-order valence-electron chi connectivity index (χ4n) is 5.29. The third-order valence-corrected chi connectivity index (χ3v) is 8.50. The molecule has 1 N–H and O–H groups in total. The second kappa shape index (κ2) is 15.6. The lowest BCUT2D eigenvalue weighted by molar-refractivity contribution is -0.257. The second-order valence-corrected chi connectivity index (χ2v) is 11.2. The van der Waals surface area contributed by atoms with Gasteiger partial charge in [0.05, 0.1) is 38.6 Å². The van der Waals surface area contributed by atoms with Gasteiger partial charge >= 0.3 is 0 Å². The lowest BCUT2D eigenvalue weighted by atomic mass is 9.78. The van der Waals surface area contributed by atoms with Gasteiger partial charge < -0.3 is 24.1 Å². The maximum absolute atomic E-state index is 11.8. The molecule has 0 radical (unpaired) electrons. The van der Waals surface area contributed by atoms with Crippen molar-refractivity contribution in [3.63, 3.8) is 0 Å². The minimum atomic E-state index is -0.797. The topological polar surface area (TPSA) is 57.2 Å². The average Bonchev–Trinajstić information content (AvgIpc) is 3.03. The molecule has 41 heavy (non-hydrogen) atoms. The van der Waals surface area contributed by atoms with E-state index < -0.39 is 30.5 Å². The van der Waals surface area contributed by atoms with Gasteiger partial charge in [0.1, 0.15) is 18.3 Å². The van der Waals surface area contributed by atoms with Crippen molar-refractivity contribution < 1.29 is 24.1 Å². The quantitative estimate of drug-likeness (QED) is 0.127. The number of alkyl halides is 1. The van der Waals surface area contributed by atoms with Crippen LogP contribution in [-0.4, -0.2) is 40.1 Å². The lowest BCUT2D eigenvalue weighted by Crippen LogP contribution is -2.64. The second-order valence-electron chi connectivity index (χ2n) is 10.4. The Morgan fingerprint density at radius 2 is 0.732 bits per heavy atom. The van der Waals surface area contributed by atoms with Crippen LogP contribution in [0.2, 0.25) is 0 Å². The maximum Gasteiger partial charge on any atom is 0.115 e. The molecule has 0 saturated heterocycles. The van der Waals surface area contributed by atoms with E-state index in [1.54, 1.807) is 0 Å². The highest BCUT2D eigenvalue weighted by Gasteiger charge is 2.52. The normalized spacial score (nSPS) is 24.2. The Morgan fingerprint density at radius 1 is 0.439 bits per heavy atom. The Kier molecular flexibility index (Phi) is 11.4. The van der Waals surface area contributed by atoms with Gasteiger partial charge in [-0.25, -0.2) is 0 Å². The van der Waals surface area contributed by atoms with Crippen LogP contribution in [0.3, 0.4) is 0 Å². The largest absolute Gasteiger partial charge is 0.390 e. The first-order valence-corrected chi connectivity index (χ1v) is 15.6. The molecule has 1 aliphatic carbocycles. The molecule has 0 heterocycles. The summed E-state index contributed by atoms with van der Waals surface area (Å²) in [5.74, 6) is -0.211. The number of aliphatic hydroxyl groups is 1. The number of rotatable bonds is 13. The molecule has 1 fully saturated rings. The molecule has 4 aromatic carbocycles. The van der Waals surface area contributed by atoms with Gasteiger partial charge in [-0.1, -0.05) is 144 Å². The molecule has 5 nitrogen and oxygen atoms in total. The summed E-state index contributed by atoms with van der Waals surface area (Å²) in [4.78, 5) is 0. The molecule has 0 spiro atoms. The highest BCUT2D eigenvalue weighted by Crippen LogP contribution is 2.37. The zero-order chi connectivity index (χ0) is 28.3. The van der Waals surface area contributed by atoms with Crippen LogP contribution < -0.4 is 0 Å². The monoisotopic (exact) mass is 664 g/mol. The zero-order valence-corrected chi connectivity index (χ0v) is 25.2. The molecule has 0 bridgehead atoms. The van der Waals surface area contributed by atoms with Crippen LogP contribution in [0.25, 0.3) is 0 Å². The predicted octanol–water partition coefficient (Wildman–Crippen LogP) is 6.75. The Bertz CT molecular complexity index is 1280. The summed E-state index contributed by atoms with van der Waals surface area (Å²) in [5, 5.41) is 11.8. The fourth-order valence-corrected chi connectivity index (χ4v) is 6.31. The van der Waals surface area contributed by atoms with Crippen LogP contribution in [-0.2, 0) is 45.4 Å². The first-order valence-electron chi connectivity index (χ1n) is 14.1. The summed E-state index contributed by atoms with van der Waals surface area (Å²) in [6, 6.07) is 40.3. The van der Waals surface area contributed by atoms with Crippen LogP contribution in [0.4, 0.5) is 0 Å². The summed E-state index contributed by atoms with van der Waals surface area (Å²) < 4.78 is 27.1. The standard InChI is InChI=1S/C35H37IO5/c36-21-30-31(37)33(39-23-27-15-7-2-8-16-27)35(41-25-29-19-11-4-12-20-29)34(40-24-28-17-9-3-10-18-28)32(30)38-22-26-13-5-1-6-14-26/h1-20,30-35,37H,21-25H2/t30-,31-,32+,33+,34-,35-/m0/s1. The highest BCUT2D eigenvalue weighted by atomic mass is 127. The number of hydrogen-bond acceptors (Lipinski definition) is 5. The average molecular weight is 665 g/mol. The van der Waals surface area contributed by atoms with Crippen molar-refractivity contribution in [2.75, 3.05) is 4.43 Å². The number of hydrogen-bond donors (Lipinski definition) is 1. The number of ether oxygens (including phenoxy) is 4. The molecule has 0 unspecified atom stereocenters. The molecule has 6 atom stereocenters. The van der Waals surface area contributed by atoms with Gasteiger partial charge in [0.2, 0.25) is 0 Å². The van der Waals surface area contributed by atoms with Crippen LogP contribution >= 0.6 is 22.6 Å². The van der Waals surface area contributed by atoms with Crippen molar-refractivity contribution in [1.29, 1.82) is 0 Å². The zero-order valence-electron chi connectivity index (χ0n) is 23.0. The van der Waals surface area contributed by atoms with Crippen molar-refractivity contribution in [2.45, 2.75) is 56.9 Å². The van der Waals surface area contributed by atoms with E-state index >= 15 is 0 Å². The molecule has 4 aromatic rings. The summed E-state index contributed by atoms with van der Waals surface area (Å²) in [6.07, 6.45) is -2.82. The van der Waals surface area contributed by atoms with E-state index in [-0.39, 0.29) is 5.92 Å². The molecule has 1 aliphatic rings. The van der Waals surface area contributed by atoms with Gasteiger partial charge in [-0.3, -0.25) is 0 Å². The van der Waals surface area contributed by atoms with E-state index in [4.69, 9.17) is 18.9 Å². The molecule has 0 amide bonds. The van der Waals surface area contributed by atoms with Crippen LogP contribution in [0.15, 0.2) is 121 Å². The third kappa shape index (κ3) is 8.25. The molecule has 1 saturated carbocycles. The highest BCUT2D eigenvalue weighted by molar-refractivity contribution is 14.1. The Hall–Kier alpha value is -2.59. The Labute approximate surface area is 256 Å². The minimum absolute atomic E-state index is 0.211. The Morgan fingerprint density at radius 3 is 1.07 bits per heavy atom. The summed E-state index contributed by atoms with van der Waals surface area (Å²) in [5.41, 5.74) is 4.22.